The second-order valence-electron chi connectivity index (χ2n) is 6.45. The van der Waals surface area contributed by atoms with Crippen LogP contribution in [0.1, 0.15) is 46.0 Å². The smallest absolute Gasteiger partial charge is 0.220 e. The molecule has 0 unspecified atom stereocenters. The summed E-state index contributed by atoms with van der Waals surface area (Å²) in [7, 11) is 0. The lowest BCUT2D eigenvalue weighted by Crippen LogP contribution is -2.58. The predicted octanol–water partition coefficient (Wildman–Crippen LogP) is 2.58. The summed E-state index contributed by atoms with van der Waals surface area (Å²) in [5.74, 6) is 1.45. The first kappa shape index (κ1) is 15.6. The molecule has 6 heteroatoms. The molecule has 1 aromatic carbocycles. The minimum Gasteiger partial charge on any atom is -0.489 e. The van der Waals surface area contributed by atoms with Crippen LogP contribution in [0.4, 0.5) is 5.69 Å². The van der Waals surface area contributed by atoms with Gasteiger partial charge in [-0.25, -0.2) is 4.99 Å². The van der Waals surface area contributed by atoms with E-state index in [1.807, 2.05) is 43.0 Å². The predicted molar refractivity (Wildman–Crippen MR) is 93.7 cm³/mol. The molecule has 6 nitrogen and oxygen atoms in total. The highest BCUT2D eigenvalue weighted by atomic mass is 16.5. The Morgan fingerprint density at radius 1 is 1.13 bits per heavy atom. The van der Waals surface area contributed by atoms with E-state index >= 15 is 0 Å². The van der Waals surface area contributed by atoms with Gasteiger partial charge >= 0.3 is 0 Å². The molecule has 124 valence electrons. The number of nitrogens with two attached hydrogens (primary N) is 2. The summed E-state index contributed by atoms with van der Waals surface area (Å²) >= 11 is 0. The molecule has 1 aliphatic heterocycles. The van der Waals surface area contributed by atoms with Gasteiger partial charge in [0.15, 0.2) is 0 Å². The van der Waals surface area contributed by atoms with Crippen LogP contribution in [0.15, 0.2) is 34.3 Å². The summed E-state index contributed by atoms with van der Waals surface area (Å²) in [5.41, 5.74) is 12.6. The van der Waals surface area contributed by atoms with Crippen molar-refractivity contribution in [3.63, 3.8) is 0 Å². The van der Waals surface area contributed by atoms with E-state index in [-0.39, 0.29) is 12.1 Å². The summed E-state index contributed by atoms with van der Waals surface area (Å²) in [5, 5.41) is 0. The van der Waals surface area contributed by atoms with Crippen LogP contribution in [-0.2, 0) is 0 Å². The van der Waals surface area contributed by atoms with Crippen molar-refractivity contribution in [2.75, 3.05) is 4.90 Å². The van der Waals surface area contributed by atoms with Gasteiger partial charge in [-0.3, -0.25) is 4.90 Å². The normalized spacial score (nSPS) is 20.4. The molecule has 0 bridgehead atoms. The highest BCUT2D eigenvalue weighted by Gasteiger charge is 2.43. The van der Waals surface area contributed by atoms with Crippen LogP contribution in [0, 0.1) is 0 Å². The maximum atomic E-state index is 6.27. The molecule has 1 aromatic rings. The Kier molecular flexibility index (Phi) is 4.15. The van der Waals surface area contributed by atoms with Gasteiger partial charge in [0, 0.05) is 0 Å². The van der Waals surface area contributed by atoms with E-state index in [4.69, 9.17) is 21.2 Å². The molecule has 1 heterocycles. The number of nitrogens with zero attached hydrogens (tertiary/aromatic N) is 3. The number of guanidine groups is 2. The fourth-order valence-electron chi connectivity index (χ4n) is 3.47. The van der Waals surface area contributed by atoms with E-state index in [9.17, 15) is 0 Å². The lowest BCUT2D eigenvalue weighted by molar-refractivity contribution is 0.240. The lowest BCUT2D eigenvalue weighted by atomic mass is 9.87. The number of aliphatic imine (C=N–C) groups is 2. The van der Waals surface area contributed by atoms with Crippen molar-refractivity contribution in [2.24, 2.45) is 21.5 Å². The van der Waals surface area contributed by atoms with Crippen molar-refractivity contribution >= 4 is 17.6 Å². The fourth-order valence-corrected chi connectivity index (χ4v) is 3.47. The summed E-state index contributed by atoms with van der Waals surface area (Å²) in [6.07, 6.45) is 5.34. The van der Waals surface area contributed by atoms with Crippen LogP contribution in [0.25, 0.3) is 0 Å². The standard InChI is InChI=1S/C17H25N5O/c1-12(2)23-14-9-5-4-8-13(14)22-16(19)20-15(18)21-17(22)10-6-3-7-11-17/h4-5,8-9,12H,3,6-7,10-11H2,1-2H3,(H4,18,19,20,21). The maximum absolute atomic E-state index is 6.27. The number of rotatable bonds is 3. The van der Waals surface area contributed by atoms with Gasteiger partial charge in [0.05, 0.1) is 11.8 Å². The Labute approximate surface area is 137 Å². The summed E-state index contributed by atoms with van der Waals surface area (Å²) in [6.45, 7) is 4.02. The number of hydrogen-bond acceptors (Lipinski definition) is 6. The van der Waals surface area contributed by atoms with Gasteiger partial charge in [-0.1, -0.05) is 18.6 Å². The number of hydrogen-bond donors (Lipinski definition) is 2. The van der Waals surface area contributed by atoms with E-state index < -0.39 is 5.66 Å². The first-order valence-corrected chi connectivity index (χ1v) is 8.27. The van der Waals surface area contributed by atoms with E-state index in [0.29, 0.717) is 5.96 Å². The third-order valence-corrected chi connectivity index (χ3v) is 4.32. The SMILES string of the molecule is CC(C)Oc1ccccc1N1C(N)=NC(N)=NC12CCCCC2. The molecule has 1 fully saturated rings. The van der Waals surface area contributed by atoms with Gasteiger partial charge < -0.3 is 16.2 Å². The van der Waals surface area contributed by atoms with Gasteiger partial charge in [0.2, 0.25) is 11.9 Å². The monoisotopic (exact) mass is 315 g/mol. The molecular formula is C17H25N5O. The van der Waals surface area contributed by atoms with Crippen molar-refractivity contribution < 1.29 is 4.74 Å². The molecule has 0 radical (unpaired) electrons. The molecule has 0 atom stereocenters. The van der Waals surface area contributed by atoms with Crippen LogP contribution in [0.2, 0.25) is 0 Å². The Hall–Kier alpha value is -2.24. The molecule has 1 aliphatic carbocycles. The maximum Gasteiger partial charge on any atom is 0.220 e. The number of anilines is 1. The van der Waals surface area contributed by atoms with Crippen molar-refractivity contribution in [3.8, 4) is 5.75 Å². The molecule has 1 spiro atoms. The topological polar surface area (TPSA) is 89.2 Å². The summed E-state index contributed by atoms with van der Waals surface area (Å²) in [6, 6.07) is 7.91. The van der Waals surface area contributed by atoms with Gasteiger partial charge in [-0.2, -0.15) is 4.99 Å². The zero-order valence-electron chi connectivity index (χ0n) is 13.8. The highest BCUT2D eigenvalue weighted by Crippen LogP contribution is 2.42. The van der Waals surface area contributed by atoms with Gasteiger partial charge in [0.25, 0.3) is 0 Å². The van der Waals surface area contributed by atoms with Crippen LogP contribution < -0.4 is 21.1 Å². The first-order chi connectivity index (χ1) is 11.0. The average Bonchev–Trinajstić information content (AvgIpc) is 2.48. The van der Waals surface area contributed by atoms with Crippen LogP contribution in [0.5, 0.6) is 5.75 Å². The zero-order chi connectivity index (χ0) is 16.4. The van der Waals surface area contributed by atoms with Crippen LogP contribution in [0.3, 0.4) is 0 Å². The second kappa shape index (κ2) is 6.10. The molecule has 1 saturated carbocycles. The van der Waals surface area contributed by atoms with E-state index in [2.05, 4.69) is 4.99 Å². The highest BCUT2D eigenvalue weighted by molar-refractivity contribution is 6.06. The molecule has 0 aromatic heterocycles. The minimum absolute atomic E-state index is 0.0787. The minimum atomic E-state index is -0.440. The third kappa shape index (κ3) is 2.98. The molecule has 0 amide bonds. The molecule has 4 N–H and O–H groups in total. The molecule has 2 aliphatic rings. The number of ether oxygens (including phenoxy) is 1. The molecule has 3 rings (SSSR count). The largest absolute Gasteiger partial charge is 0.489 e. The van der Waals surface area contributed by atoms with Gasteiger partial charge in [-0.15, -0.1) is 0 Å². The third-order valence-electron chi connectivity index (χ3n) is 4.32. The van der Waals surface area contributed by atoms with E-state index in [0.717, 1.165) is 37.1 Å². The number of benzene rings is 1. The quantitative estimate of drug-likeness (QED) is 0.897. The van der Waals surface area contributed by atoms with Crippen molar-refractivity contribution in [1.82, 2.24) is 0 Å². The Morgan fingerprint density at radius 2 is 1.83 bits per heavy atom. The summed E-state index contributed by atoms with van der Waals surface area (Å²) < 4.78 is 5.98. The van der Waals surface area contributed by atoms with Gasteiger partial charge in [0.1, 0.15) is 11.4 Å². The molecule has 0 saturated heterocycles. The molecule has 23 heavy (non-hydrogen) atoms. The fraction of sp³-hybridized carbons (Fsp3) is 0.529. The van der Waals surface area contributed by atoms with E-state index in [1.165, 1.54) is 6.42 Å². The average molecular weight is 315 g/mol. The van der Waals surface area contributed by atoms with Crippen molar-refractivity contribution in [1.29, 1.82) is 0 Å². The molecular weight excluding hydrogens is 290 g/mol. The first-order valence-electron chi connectivity index (χ1n) is 8.27. The zero-order valence-corrected chi connectivity index (χ0v) is 13.8. The number of para-hydroxylation sites is 2. The van der Waals surface area contributed by atoms with Crippen LogP contribution >= 0.6 is 0 Å². The second-order valence-corrected chi connectivity index (χ2v) is 6.45. The Balaban J connectivity index is 2.07. The summed E-state index contributed by atoms with van der Waals surface area (Å²) in [4.78, 5) is 10.9. The van der Waals surface area contributed by atoms with Crippen molar-refractivity contribution in [3.05, 3.63) is 24.3 Å². The Morgan fingerprint density at radius 3 is 2.52 bits per heavy atom. The Bertz CT molecular complexity index is 632. The lowest BCUT2D eigenvalue weighted by Gasteiger charge is -2.46. The van der Waals surface area contributed by atoms with E-state index in [1.54, 1.807) is 0 Å². The van der Waals surface area contributed by atoms with Crippen LogP contribution in [-0.4, -0.2) is 23.7 Å². The van der Waals surface area contributed by atoms with Gasteiger partial charge in [-0.05, 0) is 51.7 Å². The van der Waals surface area contributed by atoms with Crippen molar-refractivity contribution in [2.45, 2.75) is 57.7 Å².